The van der Waals surface area contributed by atoms with Crippen molar-refractivity contribution in [2.75, 3.05) is 20.2 Å². The molecule has 4 nitrogen and oxygen atoms in total. The molecule has 0 bridgehead atoms. The van der Waals surface area contributed by atoms with Crippen molar-refractivity contribution < 1.29 is 4.74 Å². The summed E-state index contributed by atoms with van der Waals surface area (Å²) in [7, 11) is 2.10. The summed E-state index contributed by atoms with van der Waals surface area (Å²) < 4.78 is 5.86. The van der Waals surface area contributed by atoms with E-state index in [9.17, 15) is 0 Å². The zero-order chi connectivity index (χ0) is 18.0. The highest BCUT2D eigenvalue weighted by molar-refractivity contribution is 5.69. The molecule has 0 fully saturated rings. The Morgan fingerprint density at radius 2 is 1.69 bits per heavy atom. The smallest absolute Gasteiger partial charge is 0.138 e. The second-order valence-corrected chi connectivity index (χ2v) is 6.14. The third-order valence-electron chi connectivity index (χ3n) is 3.95. The molecule has 3 rings (SSSR count). The fraction of sp³-hybridized carbons (Fsp3) is 0.182. The molecule has 0 saturated heterocycles. The third-order valence-corrected chi connectivity index (χ3v) is 3.95. The molecular formula is C22H23N3O. The third kappa shape index (κ3) is 5.83. The molecule has 0 N–H and O–H groups in total. The summed E-state index contributed by atoms with van der Waals surface area (Å²) in [6.45, 7) is 2.39. The van der Waals surface area contributed by atoms with Gasteiger partial charge in [0.15, 0.2) is 0 Å². The van der Waals surface area contributed by atoms with Crippen LogP contribution in [0, 0.1) is 0 Å². The van der Waals surface area contributed by atoms with Crippen LogP contribution in [0.1, 0.15) is 16.7 Å². The van der Waals surface area contributed by atoms with E-state index in [4.69, 9.17) is 4.74 Å². The molecule has 26 heavy (non-hydrogen) atoms. The van der Waals surface area contributed by atoms with Crippen LogP contribution in [0.15, 0.2) is 73.3 Å². The topological polar surface area (TPSA) is 38.2 Å². The Kier molecular flexibility index (Phi) is 6.51. The number of rotatable bonds is 8. The Balaban J connectivity index is 1.48. The monoisotopic (exact) mass is 345 g/mol. The van der Waals surface area contributed by atoms with Crippen LogP contribution in [0.25, 0.3) is 12.2 Å². The molecule has 132 valence electrons. The Morgan fingerprint density at radius 3 is 2.50 bits per heavy atom. The minimum Gasteiger partial charge on any atom is -0.491 e. The summed E-state index contributed by atoms with van der Waals surface area (Å²) in [5.74, 6) is 0.787. The minimum absolute atomic E-state index is 0.628. The van der Waals surface area contributed by atoms with E-state index in [1.165, 1.54) is 5.56 Å². The van der Waals surface area contributed by atoms with Gasteiger partial charge >= 0.3 is 0 Å². The van der Waals surface area contributed by atoms with Crippen LogP contribution in [0.5, 0.6) is 5.75 Å². The number of hydrogen-bond donors (Lipinski definition) is 0. The molecule has 0 amide bonds. The molecule has 1 aromatic carbocycles. The molecule has 0 atom stereocenters. The number of hydrogen-bond acceptors (Lipinski definition) is 4. The van der Waals surface area contributed by atoms with E-state index in [0.717, 1.165) is 30.0 Å². The number of benzene rings is 1. The average Bonchev–Trinajstić information content (AvgIpc) is 2.68. The highest BCUT2D eigenvalue weighted by atomic mass is 16.5. The Labute approximate surface area is 154 Å². The highest BCUT2D eigenvalue weighted by Gasteiger charge is 2.01. The first-order chi connectivity index (χ1) is 12.8. The van der Waals surface area contributed by atoms with Crippen molar-refractivity contribution in [1.29, 1.82) is 0 Å². The summed E-state index contributed by atoms with van der Waals surface area (Å²) in [4.78, 5) is 10.5. The van der Waals surface area contributed by atoms with Gasteiger partial charge in [0.2, 0.25) is 0 Å². The summed E-state index contributed by atoms with van der Waals surface area (Å²) >= 11 is 0. The predicted octanol–water partition coefficient (Wildman–Crippen LogP) is 4.16. The van der Waals surface area contributed by atoms with Crippen LogP contribution in [-0.4, -0.2) is 35.1 Å². The summed E-state index contributed by atoms with van der Waals surface area (Å²) in [5, 5.41) is 0. The van der Waals surface area contributed by atoms with Gasteiger partial charge < -0.3 is 4.74 Å². The van der Waals surface area contributed by atoms with Gasteiger partial charge in [0.05, 0.1) is 6.20 Å². The second kappa shape index (κ2) is 9.49. The lowest BCUT2D eigenvalue weighted by Gasteiger charge is -2.17. The fourth-order valence-electron chi connectivity index (χ4n) is 2.57. The molecule has 0 radical (unpaired) electrons. The first-order valence-electron chi connectivity index (χ1n) is 8.68. The van der Waals surface area contributed by atoms with E-state index in [0.29, 0.717) is 6.61 Å². The predicted molar refractivity (Wildman–Crippen MR) is 106 cm³/mol. The maximum Gasteiger partial charge on any atom is 0.138 e. The maximum atomic E-state index is 5.86. The van der Waals surface area contributed by atoms with Crippen molar-refractivity contribution in [3.8, 4) is 5.75 Å². The van der Waals surface area contributed by atoms with Gasteiger partial charge in [-0.15, -0.1) is 0 Å². The number of nitrogens with zero attached hydrogens (tertiary/aromatic N) is 3. The van der Waals surface area contributed by atoms with Crippen molar-refractivity contribution in [3.05, 3.63) is 90.0 Å². The lowest BCUT2D eigenvalue weighted by molar-refractivity contribution is 0.232. The SMILES string of the molecule is CN(CCOc1cncc(C=Cc2ccncc2)c1)Cc1ccccc1. The van der Waals surface area contributed by atoms with Gasteiger partial charge in [-0.05, 0) is 41.9 Å². The van der Waals surface area contributed by atoms with E-state index in [2.05, 4.69) is 46.2 Å². The zero-order valence-electron chi connectivity index (χ0n) is 15.0. The van der Waals surface area contributed by atoms with Crippen LogP contribution in [-0.2, 0) is 6.54 Å². The van der Waals surface area contributed by atoms with Crippen molar-refractivity contribution in [1.82, 2.24) is 14.9 Å². The van der Waals surface area contributed by atoms with Crippen LogP contribution in [0.3, 0.4) is 0 Å². The van der Waals surface area contributed by atoms with Crippen LogP contribution in [0.2, 0.25) is 0 Å². The molecule has 3 aromatic rings. The van der Waals surface area contributed by atoms with E-state index >= 15 is 0 Å². The average molecular weight is 345 g/mol. The Hall–Kier alpha value is -2.98. The molecule has 2 heterocycles. The quantitative estimate of drug-likeness (QED) is 0.614. The molecule has 2 aromatic heterocycles. The van der Waals surface area contributed by atoms with Crippen molar-refractivity contribution in [3.63, 3.8) is 0 Å². The van der Waals surface area contributed by atoms with Crippen LogP contribution >= 0.6 is 0 Å². The maximum absolute atomic E-state index is 5.86. The first kappa shape index (κ1) is 17.8. The van der Waals surface area contributed by atoms with Gasteiger partial charge in [0.1, 0.15) is 12.4 Å². The van der Waals surface area contributed by atoms with E-state index in [-0.39, 0.29) is 0 Å². The van der Waals surface area contributed by atoms with Crippen molar-refractivity contribution in [2.45, 2.75) is 6.54 Å². The zero-order valence-corrected chi connectivity index (χ0v) is 15.0. The lowest BCUT2D eigenvalue weighted by atomic mass is 10.2. The van der Waals surface area contributed by atoms with Gasteiger partial charge in [0.25, 0.3) is 0 Å². The Morgan fingerprint density at radius 1 is 0.923 bits per heavy atom. The van der Waals surface area contributed by atoms with Gasteiger partial charge in [-0.25, -0.2) is 0 Å². The fourth-order valence-corrected chi connectivity index (χ4v) is 2.57. The van der Waals surface area contributed by atoms with E-state index < -0.39 is 0 Å². The number of likely N-dealkylation sites (N-methyl/N-ethyl adjacent to an activating group) is 1. The number of aromatic nitrogens is 2. The molecular weight excluding hydrogens is 322 g/mol. The Bertz CT molecular complexity index is 819. The van der Waals surface area contributed by atoms with Crippen LogP contribution in [0.4, 0.5) is 0 Å². The molecule has 4 heteroatoms. The largest absolute Gasteiger partial charge is 0.491 e. The summed E-state index contributed by atoms with van der Waals surface area (Å²) in [6.07, 6.45) is 11.2. The first-order valence-corrected chi connectivity index (χ1v) is 8.68. The molecule has 0 aliphatic heterocycles. The number of pyridine rings is 2. The van der Waals surface area contributed by atoms with Crippen molar-refractivity contribution >= 4 is 12.2 Å². The minimum atomic E-state index is 0.628. The lowest BCUT2D eigenvalue weighted by Crippen LogP contribution is -2.23. The van der Waals surface area contributed by atoms with E-state index in [1.807, 2.05) is 42.6 Å². The van der Waals surface area contributed by atoms with Crippen molar-refractivity contribution in [2.24, 2.45) is 0 Å². The molecule has 0 aliphatic carbocycles. The number of ether oxygens (including phenoxy) is 1. The summed E-state index contributed by atoms with van der Waals surface area (Å²) in [6, 6.07) is 16.4. The van der Waals surface area contributed by atoms with Gasteiger partial charge in [0, 0.05) is 31.7 Å². The summed E-state index contributed by atoms with van der Waals surface area (Å²) in [5.41, 5.74) is 3.42. The molecule has 0 aliphatic rings. The van der Waals surface area contributed by atoms with Gasteiger partial charge in [-0.3, -0.25) is 14.9 Å². The normalized spacial score (nSPS) is 11.2. The second-order valence-electron chi connectivity index (χ2n) is 6.14. The highest BCUT2D eigenvalue weighted by Crippen LogP contribution is 2.14. The molecule has 0 spiro atoms. The van der Waals surface area contributed by atoms with Gasteiger partial charge in [-0.1, -0.05) is 42.5 Å². The molecule has 0 saturated carbocycles. The standard InChI is InChI=1S/C22H23N3O/c1-25(18-20-5-3-2-4-6-20)13-14-26-22-15-21(16-24-17-22)8-7-19-9-11-23-12-10-19/h2-12,15-17H,13-14,18H2,1H3. The van der Waals surface area contributed by atoms with Crippen LogP contribution < -0.4 is 4.74 Å². The van der Waals surface area contributed by atoms with E-state index in [1.54, 1.807) is 18.6 Å². The van der Waals surface area contributed by atoms with Gasteiger partial charge in [-0.2, -0.15) is 0 Å². The molecule has 0 unspecified atom stereocenters.